The summed E-state index contributed by atoms with van der Waals surface area (Å²) in [4.78, 5) is 5.20. The lowest BCUT2D eigenvalue weighted by atomic mass is 9.99. The molecule has 0 aromatic heterocycles. The molecule has 1 heterocycles. The summed E-state index contributed by atoms with van der Waals surface area (Å²) in [6.45, 7) is 16.3. The third kappa shape index (κ3) is 4.52. The second-order valence-electron chi connectivity index (χ2n) is 6.32. The molecule has 0 amide bonds. The number of rotatable bonds is 6. The van der Waals surface area contributed by atoms with Crippen molar-refractivity contribution in [1.29, 1.82) is 0 Å². The summed E-state index contributed by atoms with van der Waals surface area (Å²) in [7, 11) is 2.26. The zero-order valence-electron chi connectivity index (χ0n) is 13.2. The zero-order chi connectivity index (χ0) is 13.7. The molecular weight excluding hydrogens is 222 g/mol. The molecule has 0 aliphatic carbocycles. The molecule has 108 valence electrons. The first-order valence-corrected chi connectivity index (χ1v) is 7.63. The van der Waals surface area contributed by atoms with Gasteiger partial charge in [0.25, 0.3) is 0 Å². The summed E-state index contributed by atoms with van der Waals surface area (Å²) in [5, 5.41) is 3.56. The summed E-state index contributed by atoms with van der Waals surface area (Å²) in [5.74, 6) is 0.716. The number of nitrogens with one attached hydrogen (secondary N) is 1. The molecule has 0 aromatic rings. The van der Waals surface area contributed by atoms with Gasteiger partial charge >= 0.3 is 0 Å². The average Bonchev–Trinajstić information content (AvgIpc) is 2.35. The second-order valence-corrected chi connectivity index (χ2v) is 6.32. The minimum Gasteiger partial charge on any atom is -0.314 e. The van der Waals surface area contributed by atoms with Crippen LogP contribution in [0.2, 0.25) is 0 Å². The van der Waals surface area contributed by atoms with Crippen molar-refractivity contribution in [3.05, 3.63) is 0 Å². The Morgan fingerprint density at radius 1 is 1.17 bits per heavy atom. The van der Waals surface area contributed by atoms with Crippen molar-refractivity contribution in [3.8, 4) is 0 Å². The van der Waals surface area contributed by atoms with E-state index in [1.807, 2.05) is 0 Å². The van der Waals surface area contributed by atoms with Crippen LogP contribution in [0, 0.1) is 5.92 Å². The smallest absolute Gasteiger partial charge is 0.0218 e. The maximum absolute atomic E-state index is 3.56. The van der Waals surface area contributed by atoms with Crippen LogP contribution in [-0.2, 0) is 0 Å². The van der Waals surface area contributed by atoms with Crippen LogP contribution in [0.25, 0.3) is 0 Å². The fourth-order valence-corrected chi connectivity index (χ4v) is 2.73. The lowest BCUT2D eigenvalue weighted by Gasteiger charge is -2.43. The number of piperazine rings is 1. The molecule has 0 aromatic carbocycles. The van der Waals surface area contributed by atoms with Gasteiger partial charge in [-0.2, -0.15) is 0 Å². The van der Waals surface area contributed by atoms with E-state index in [2.05, 4.69) is 56.8 Å². The first-order chi connectivity index (χ1) is 8.45. The third-order valence-corrected chi connectivity index (χ3v) is 4.53. The summed E-state index contributed by atoms with van der Waals surface area (Å²) in [6.07, 6.45) is 1.26. The first-order valence-electron chi connectivity index (χ1n) is 7.63. The fourth-order valence-electron chi connectivity index (χ4n) is 2.73. The Balaban J connectivity index is 2.43. The van der Waals surface area contributed by atoms with E-state index in [0.29, 0.717) is 18.0 Å². The predicted molar refractivity (Wildman–Crippen MR) is 80.0 cm³/mol. The molecule has 0 saturated carbocycles. The predicted octanol–water partition coefficient (Wildman–Crippen LogP) is 2.04. The van der Waals surface area contributed by atoms with Gasteiger partial charge in [-0.3, -0.25) is 4.90 Å². The van der Waals surface area contributed by atoms with Gasteiger partial charge in [-0.05, 0) is 32.9 Å². The van der Waals surface area contributed by atoms with Gasteiger partial charge in [0.2, 0.25) is 0 Å². The lowest BCUT2D eigenvalue weighted by molar-refractivity contribution is 0.0502. The molecule has 1 fully saturated rings. The normalized spacial score (nSPS) is 26.5. The molecule has 0 bridgehead atoms. The molecule has 0 spiro atoms. The van der Waals surface area contributed by atoms with E-state index in [4.69, 9.17) is 0 Å². The lowest BCUT2D eigenvalue weighted by Crippen LogP contribution is -2.55. The Morgan fingerprint density at radius 2 is 1.83 bits per heavy atom. The monoisotopic (exact) mass is 255 g/mol. The van der Waals surface area contributed by atoms with Gasteiger partial charge in [0.1, 0.15) is 0 Å². The Hall–Kier alpha value is -0.120. The molecular formula is C15H33N3. The van der Waals surface area contributed by atoms with E-state index in [0.717, 1.165) is 12.6 Å². The summed E-state index contributed by atoms with van der Waals surface area (Å²) >= 11 is 0. The van der Waals surface area contributed by atoms with Crippen molar-refractivity contribution in [1.82, 2.24) is 15.1 Å². The molecule has 3 unspecified atom stereocenters. The molecule has 3 heteroatoms. The van der Waals surface area contributed by atoms with Gasteiger partial charge in [-0.1, -0.05) is 27.7 Å². The number of hydrogen-bond donors (Lipinski definition) is 1. The van der Waals surface area contributed by atoms with E-state index in [1.54, 1.807) is 0 Å². The number of likely N-dealkylation sites (N-methyl/N-ethyl adjacent to an activating group) is 1. The highest BCUT2D eigenvalue weighted by atomic mass is 15.3. The van der Waals surface area contributed by atoms with Crippen LogP contribution in [0.3, 0.4) is 0 Å². The van der Waals surface area contributed by atoms with Crippen LogP contribution in [0.5, 0.6) is 0 Å². The molecule has 3 nitrogen and oxygen atoms in total. The Kier molecular flexibility index (Phi) is 6.61. The number of nitrogens with zero attached hydrogens (tertiary/aromatic N) is 2. The van der Waals surface area contributed by atoms with Gasteiger partial charge in [0.15, 0.2) is 0 Å². The van der Waals surface area contributed by atoms with Gasteiger partial charge in [0, 0.05) is 37.8 Å². The summed E-state index contributed by atoms with van der Waals surface area (Å²) in [6, 6.07) is 2.01. The molecule has 1 aliphatic rings. The maximum Gasteiger partial charge on any atom is 0.0218 e. The quantitative estimate of drug-likeness (QED) is 0.783. The van der Waals surface area contributed by atoms with E-state index in [9.17, 15) is 0 Å². The second kappa shape index (κ2) is 7.46. The Labute approximate surface area is 114 Å². The SMILES string of the molecule is CCC1CN(C(C)C(C)CNC(C)C)CCN1C. The minimum absolute atomic E-state index is 0.593. The van der Waals surface area contributed by atoms with E-state index in [1.165, 1.54) is 26.1 Å². The minimum atomic E-state index is 0.593. The van der Waals surface area contributed by atoms with E-state index < -0.39 is 0 Å². The number of hydrogen-bond acceptors (Lipinski definition) is 3. The fraction of sp³-hybridized carbons (Fsp3) is 1.00. The highest BCUT2D eigenvalue weighted by Crippen LogP contribution is 2.17. The van der Waals surface area contributed by atoms with Crippen LogP contribution in [0.4, 0.5) is 0 Å². The van der Waals surface area contributed by atoms with Crippen LogP contribution >= 0.6 is 0 Å². The summed E-state index contributed by atoms with van der Waals surface area (Å²) < 4.78 is 0. The topological polar surface area (TPSA) is 18.5 Å². The third-order valence-electron chi connectivity index (χ3n) is 4.53. The van der Waals surface area contributed by atoms with Crippen molar-refractivity contribution in [3.63, 3.8) is 0 Å². The molecule has 18 heavy (non-hydrogen) atoms. The van der Waals surface area contributed by atoms with Gasteiger partial charge in [-0.15, -0.1) is 0 Å². The first kappa shape index (κ1) is 15.9. The van der Waals surface area contributed by atoms with Crippen molar-refractivity contribution in [2.24, 2.45) is 5.92 Å². The highest BCUT2D eigenvalue weighted by Gasteiger charge is 2.28. The zero-order valence-corrected chi connectivity index (χ0v) is 13.2. The van der Waals surface area contributed by atoms with E-state index >= 15 is 0 Å². The van der Waals surface area contributed by atoms with Crippen LogP contribution in [0.15, 0.2) is 0 Å². The average molecular weight is 255 g/mol. The molecule has 1 aliphatic heterocycles. The molecule has 0 radical (unpaired) electrons. The maximum atomic E-state index is 3.56. The van der Waals surface area contributed by atoms with Gasteiger partial charge in [0.05, 0.1) is 0 Å². The van der Waals surface area contributed by atoms with Crippen LogP contribution < -0.4 is 5.32 Å². The molecule has 3 atom stereocenters. The van der Waals surface area contributed by atoms with E-state index in [-0.39, 0.29) is 0 Å². The van der Waals surface area contributed by atoms with Crippen molar-refractivity contribution < 1.29 is 0 Å². The van der Waals surface area contributed by atoms with Crippen molar-refractivity contribution in [2.45, 2.75) is 59.2 Å². The molecule has 1 rings (SSSR count). The largest absolute Gasteiger partial charge is 0.314 e. The molecule has 1 N–H and O–H groups in total. The standard InChI is InChI=1S/C15H33N3/c1-7-15-11-18(9-8-17(15)6)14(5)13(4)10-16-12(2)3/h12-16H,7-11H2,1-6H3. The Morgan fingerprint density at radius 3 is 2.39 bits per heavy atom. The Bertz CT molecular complexity index is 230. The van der Waals surface area contributed by atoms with Crippen LogP contribution in [0.1, 0.15) is 41.0 Å². The summed E-state index contributed by atoms with van der Waals surface area (Å²) in [5.41, 5.74) is 0. The van der Waals surface area contributed by atoms with Crippen LogP contribution in [-0.4, -0.2) is 61.2 Å². The van der Waals surface area contributed by atoms with Gasteiger partial charge in [-0.25, -0.2) is 0 Å². The molecule has 1 saturated heterocycles. The van der Waals surface area contributed by atoms with Gasteiger partial charge < -0.3 is 10.2 Å². The highest BCUT2D eigenvalue weighted by molar-refractivity contribution is 4.84. The van der Waals surface area contributed by atoms with Crippen molar-refractivity contribution in [2.75, 3.05) is 33.2 Å². The van der Waals surface area contributed by atoms with Crippen molar-refractivity contribution >= 4 is 0 Å².